The number of ether oxygens (including phenoxy) is 3. The summed E-state index contributed by atoms with van der Waals surface area (Å²) in [5.41, 5.74) is 9.78. The molecule has 0 aromatic heterocycles. The number of amidine groups is 2. The highest BCUT2D eigenvalue weighted by molar-refractivity contribution is 8.15. The molecule has 0 radical (unpaired) electrons. The van der Waals surface area contributed by atoms with E-state index in [1.165, 1.54) is 36.8 Å². The van der Waals surface area contributed by atoms with Crippen LogP contribution in [0, 0.1) is 35.5 Å². The van der Waals surface area contributed by atoms with Crippen molar-refractivity contribution in [3.63, 3.8) is 0 Å². The molecule has 11 heteroatoms. The molecule has 2 aliphatic heterocycles. The summed E-state index contributed by atoms with van der Waals surface area (Å²) in [7, 11) is 0. The molecule has 370 valence electrons. The molecule has 3 aromatic carbocycles. The first-order chi connectivity index (χ1) is 32.6. The fourth-order valence-electron chi connectivity index (χ4n) is 11.0. The standard InChI is InChI=1S/2C20H30N2OS.C16H25NO2/c2*1-4-11-21-20-22-18-17(24-20)12-16(5-2)14(3)19(18)23-13-15-9-7-6-8-10-15;1-3-13-9-14(18)15(17)16(11(13)2)19-10-12-7-5-4-6-8-12/h2*6-10,14,16-19H,4-5,11-13H2,1-3H3,(H,21,22);4-8,11,13-16,18H,3,9-10,17H2,1-2H3/t2*14-,16+,17+,18+,19+;11-,13+,14-,15+,16+/m111/s1. The first-order valence-electron chi connectivity index (χ1n) is 25.9. The van der Waals surface area contributed by atoms with E-state index in [-0.39, 0.29) is 24.4 Å². The van der Waals surface area contributed by atoms with Gasteiger partial charge in [-0.15, -0.1) is 0 Å². The number of thioether (sulfide) groups is 2. The van der Waals surface area contributed by atoms with E-state index < -0.39 is 6.10 Å². The van der Waals surface area contributed by atoms with Crippen LogP contribution >= 0.6 is 23.5 Å². The topological polar surface area (TPSA) is 123 Å². The summed E-state index contributed by atoms with van der Waals surface area (Å²) >= 11 is 3.88. The maximum atomic E-state index is 10.1. The molecule has 5 N–H and O–H groups in total. The molecular formula is C56H85N5O4S2. The molecule has 3 saturated carbocycles. The van der Waals surface area contributed by atoms with Crippen LogP contribution in [0.3, 0.4) is 0 Å². The van der Waals surface area contributed by atoms with E-state index in [1.54, 1.807) is 0 Å². The maximum Gasteiger partial charge on any atom is 0.157 e. The molecule has 2 heterocycles. The number of nitrogens with two attached hydrogens (primary N) is 1. The van der Waals surface area contributed by atoms with E-state index in [2.05, 4.69) is 127 Å². The monoisotopic (exact) mass is 956 g/mol. The number of nitrogens with zero attached hydrogens (tertiary/aromatic N) is 2. The number of nitrogens with one attached hydrogen (secondary N) is 2. The van der Waals surface area contributed by atoms with E-state index in [9.17, 15) is 5.11 Å². The van der Waals surface area contributed by atoms with Gasteiger partial charge in [-0.2, -0.15) is 0 Å². The highest BCUT2D eigenvalue weighted by atomic mass is 32.2. The number of rotatable bonds is 16. The Bertz CT molecular complexity index is 1810. The second kappa shape index (κ2) is 27.5. The van der Waals surface area contributed by atoms with Crippen LogP contribution in [0.5, 0.6) is 0 Å². The zero-order valence-electron chi connectivity index (χ0n) is 42.0. The minimum Gasteiger partial charge on any atom is -0.391 e. The van der Waals surface area contributed by atoms with Gasteiger partial charge in [0.05, 0.1) is 62.4 Å². The quantitative estimate of drug-likeness (QED) is 0.111. The van der Waals surface area contributed by atoms with Crippen molar-refractivity contribution < 1.29 is 19.3 Å². The van der Waals surface area contributed by atoms with Gasteiger partial charge in [-0.05, 0) is 84.3 Å². The van der Waals surface area contributed by atoms with Crippen LogP contribution in [0.4, 0.5) is 0 Å². The van der Waals surface area contributed by atoms with Crippen LogP contribution in [-0.4, -0.2) is 81.6 Å². The van der Waals surface area contributed by atoms with Crippen molar-refractivity contribution in [2.24, 2.45) is 51.2 Å². The van der Waals surface area contributed by atoms with Crippen molar-refractivity contribution >= 4 is 33.9 Å². The molecule has 3 aromatic rings. The van der Waals surface area contributed by atoms with Gasteiger partial charge in [-0.3, -0.25) is 9.98 Å². The second-order valence-electron chi connectivity index (χ2n) is 19.7. The Morgan fingerprint density at radius 1 is 0.537 bits per heavy atom. The summed E-state index contributed by atoms with van der Waals surface area (Å²) in [5.74, 6) is 3.54. The third-order valence-corrected chi connectivity index (χ3v) is 17.7. The Morgan fingerprint density at radius 3 is 1.24 bits per heavy atom. The van der Waals surface area contributed by atoms with Crippen molar-refractivity contribution in [2.75, 3.05) is 13.1 Å². The smallest absolute Gasteiger partial charge is 0.157 e. The first kappa shape index (κ1) is 53.5. The fourth-order valence-corrected chi connectivity index (χ4v) is 13.7. The number of hydrogen-bond donors (Lipinski definition) is 4. The Hall–Kier alpha value is -2.90. The lowest BCUT2D eigenvalue weighted by Gasteiger charge is -2.42. The van der Waals surface area contributed by atoms with Crippen LogP contribution in [0.15, 0.2) is 101 Å². The lowest BCUT2D eigenvalue weighted by Crippen LogP contribution is -2.55. The van der Waals surface area contributed by atoms with Gasteiger partial charge in [-0.25, -0.2) is 0 Å². The molecule has 0 unspecified atom stereocenters. The van der Waals surface area contributed by atoms with Crippen LogP contribution in [0.1, 0.15) is 123 Å². The Labute approximate surface area is 413 Å². The molecule has 8 rings (SSSR count). The minimum absolute atomic E-state index is 0.0612. The van der Waals surface area contributed by atoms with Crippen molar-refractivity contribution in [3.8, 4) is 0 Å². The zero-order chi connectivity index (χ0) is 47.7. The van der Waals surface area contributed by atoms with Crippen LogP contribution in [-0.2, 0) is 34.0 Å². The Kier molecular flexibility index (Phi) is 21.9. The highest BCUT2D eigenvalue weighted by Crippen LogP contribution is 2.44. The number of aliphatic hydroxyl groups is 1. The van der Waals surface area contributed by atoms with E-state index in [0.717, 1.165) is 66.5 Å². The van der Waals surface area contributed by atoms with Crippen LogP contribution in [0.25, 0.3) is 0 Å². The molecule has 0 amide bonds. The predicted molar refractivity (Wildman–Crippen MR) is 284 cm³/mol. The largest absolute Gasteiger partial charge is 0.391 e. The molecule has 3 aliphatic carbocycles. The Morgan fingerprint density at radius 2 is 0.881 bits per heavy atom. The van der Waals surface area contributed by atoms with Gasteiger partial charge in [0, 0.05) is 23.6 Å². The van der Waals surface area contributed by atoms with Gasteiger partial charge in [-0.1, -0.05) is 189 Å². The molecule has 0 bridgehead atoms. The number of fused-ring (bicyclic) bond motifs is 2. The summed E-state index contributed by atoms with van der Waals surface area (Å²) in [5, 5.41) is 20.9. The third-order valence-electron chi connectivity index (χ3n) is 15.2. The average molecular weight is 956 g/mol. The molecule has 15 atom stereocenters. The predicted octanol–water partition coefficient (Wildman–Crippen LogP) is 11.3. The lowest BCUT2D eigenvalue weighted by molar-refractivity contribution is -0.0899. The second-order valence-corrected chi connectivity index (χ2v) is 22.2. The number of hydrogen-bond acceptors (Lipinski definition) is 9. The van der Waals surface area contributed by atoms with E-state index in [4.69, 9.17) is 29.9 Å². The number of benzene rings is 3. The molecule has 67 heavy (non-hydrogen) atoms. The molecule has 0 spiro atoms. The van der Waals surface area contributed by atoms with E-state index in [1.807, 2.05) is 53.9 Å². The van der Waals surface area contributed by atoms with E-state index >= 15 is 0 Å². The summed E-state index contributed by atoms with van der Waals surface area (Å²) in [6.45, 7) is 21.9. The Balaban J connectivity index is 0.000000167. The van der Waals surface area contributed by atoms with Crippen molar-refractivity contribution in [2.45, 2.75) is 180 Å². The normalized spacial score (nSPS) is 34.4. The zero-order valence-corrected chi connectivity index (χ0v) is 43.6. The van der Waals surface area contributed by atoms with Gasteiger partial charge < -0.3 is 35.7 Å². The SMILES string of the molecule is CCCN=C1N[C@@H]2[C@@H](OCc3ccccc3)[C@H](C)[C@@H](CC)C[C@@H]2S1.CCCN=C1N[C@@H]2[C@@H](OCc3ccccc3)[C@H](C)[C@@H](CC)C[C@@H]2S1.CC[C@H]1C[C@@H](O)[C@H](N)[C@@H](OCc2ccccc2)[C@@H]1C. The first-order valence-corrected chi connectivity index (χ1v) is 27.7. The summed E-state index contributed by atoms with van der Waals surface area (Å²) in [6.07, 6.45) is 9.09. The van der Waals surface area contributed by atoms with Gasteiger partial charge in [0.1, 0.15) is 0 Å². The minimum atomic E-state index is -0.443. The lowest BCUT2D eigenvalue weighted by atomic mass is 9.73. The maximum absolute atomic E-state index is 10.1. The van der Waals surface area contributed by atoms with Crippen molar-refractivity contribution in [1.29, 1.82) is 0 Å². The van der Waals surface area contributed by atoms with Gasteiger partial charge in [0.2, 0.25) is 0 Å². The van der Waals surface area contributed by atoms with Crippen LogP contribution in [0.2, 0.25) is 0 Å². The van der Waals surface area contributed by atoms with Gasteiger partial charge in [0.25, 0.3) is 0 Å². The molecule has 5 aliphatic rings. The molecular weight excluding hydrogens is 871 g/mol. The third kappa shape index (κ3) is 14.8. The number of aliphatic imine (C=N–C) groups is 2. The summed E-state index contributed by atoms with van der Waals surface area (Å²) in [6, 6.07) is 31.7. The summed E-state index contributed by atoms with van der Waals surface area (Å²) < 4.78 is 18.9. The number of aliphatic hydroxyl groups excluding tert-OH is 1. The summed E-state index contributed by atoms with van der Waals surface area (Å²) in [4.78, 5) is 9.41. The van der Waals surface area contributed by atoms with E-state index in [0.29, 0.717) is 66.1 Å². The van der Waals surface area contributed by atoms with Crippen molar-refractivity contribution in [3.05, 3.63) is 108 Å². The average Bonchev–Trinajstić information content (AvgIpc) is 3.97. The highest BCUT2D eigenvalue weighted by Gasteiger charge is 2.49. The fraction of sp³-hybridized carbons (Fsp3) is 0.643. The molecule has 9 nitrogen and oxygen atoms in total. The van der Waals surface area contributed by atoms with Crippen molar-refractivity contribution in [1.82, 2.24) is 10.6 Å². The van der Waals surface area contributed by atoms with Gasteiger partial charge in [0.15, 0.2) is 10.3 Å². The van der Waals surface area contributed by atoms with Crippen LogP contribution < -0.4 is 16.4 Å². The van der Waals surface area contributed by atoms with Gasteiger partial charge >= 0.3 is 0 Å². The molecule has 2 saturated heterocycles. The molecule has 5 fully saturated rings.